The van der Waals surface area contributed by atoms with Crippen molar-refractivity contribution in [1.82, 2.24) is 9.97 Å². The van der Waals surface area contributed by atoms with Crippen LogP contribution < -0.4 is 0 Å². The predicted octanol–water partition coefficient (Wildman–Crippen LogP) is 7.71. The second kappa shape index (κ2) is 10.6. The van der Waals surface area contributed by atoms with Gasteiger partial charge in [-0.15, -0.1) is 0 Å². The summed E-state index contributed by atoms with van der Waals surface area (Å²) in [7, 11) is 0. The van der Waals surface area contributed by atoms with Gasteiger partial charge in [-0.1, -0.05) is 48.0 Å². The average Bonchev–Trinajstić information content (AvgIpc) is 3.74. The van der Waals surface area contributed by atoms with Crippen molar-refractivity contribution in [3.63, 3.8) is 0 Å². The van der Waals surface area contributed by atoms with E-state index in [2.05, 4.69) is 23.2 Å². The number of pyridine rings is 2. The van der Waals surface area contributed by atoms with Crippen LogP contribution in [0.5, 0.6) is 0 Å². The zero-order valence-corrected chi connectivity index (χ0v) is 22.5. The fourth-order valence-electron chi connectivity index (χ4n) is 5.80. The van der Waals surface area contributed by atoms with Crippen molar-refractivity contribution in [2.45, 2.75) is 51.4 Å². The highest BCUT2D eigenvalue weighted by Crippen LogP contribution is 2.53. The quantitative estimate of drug-likeness (QED) is 0.174. The first-order valence-electron chi connectivity index (χ1n) is 13.9. The molecule has 0 amide bonds. The molecule has 2 aliphatic carbocycles. The van der Waals surface area contributed by atoms with Crippen LogP contribution in [-0.4, -0.2) is 15.8 Å². The number of nitriles is 1. The summed E-state index contributed by atoms with van der Waals surface area (Å²) in [6.45, 7) is 1.99. The number of carbonyl (C=O) groups excluding carboxylic acids is 1. The van der Waals surface area contributed by atoms with E-state index in [1.807, 2.05) is 49.4 Å². The Morgan fingerprint density at radius 2 is 1.95 bits per heavy atom. The third-order valence-electron chi connectivity index (χ3n) is 8.46. The highest BCUT2D eigenvalue weighted by atomic mass is 19.1. The smallest absolute Gasteiger partial charge is 0.171 e. The fourth-order valence-corrected chi connectivity index (χ4v) is 5.80. The molecule has 2 heterocycles. The molecule has 2 saturated carbocycles. The highest BCUT2D eigenvalue weighted by Gasteiger charge is 2.51. The largest absolute Gasteiger partial charge is 0.293 e. The predicted molar refractivity (Wildman–Crippen MR) is 153 cm³/mol. The SMILES string of the molecule is Cc1ncccc1CC1(C(=O)c2ccc(-c3ccccc3C#N)nc2[C@H]2CC/C2=C/Cc2cccc(F)c2)CC1. The second-order valence-corrected chi connectivity index (χ2v) is 11.0. The van der Waals surface area contributed by atoms with E-state index in [1.165, 1.54) is 11.6 Å². The zero-order chi connectivity index (χ0) is 27.7. The van der Waals surface area contributed by atoms with Gasteiger partial charge in [0.2, 0.25) is 0 Å². The minimum absolute atomic E-state index is 0.0256. The maximum absolute atomic E-state index is 14.2. The standard InChI is InChI=1S/C35H30FN3O/c1-23-26(8-5-19-38-23)21-35(17-18-35)34(40)31-15-16-32(29-10-3-2-7-27(29)22-37)39-33(31)30-14-13-25(30)12-11-24-6-4-9-28(36)20-24/h2-10,12,15-16,19-20,30H,11,13-14,17-18,21H2,1H3/b25-12-/t30-/m0/s1. The Balaban J connectivity index is 1.38. The van der Waals surface area contributed by atoms with E-state index in [1.54, 1.807) is 24.4 Å². The molecule has 0 aliphatic heterocycles. The van der Waals surface area contributed by atoms with Gasteiger partial charge in [0.1, 0.15) is 5.82 Å². The van der Waals surface area contributed by atoms with Gasteiger partial charge in [0, 0.05) is 34.4 Å². The summed E-state index contributed by atoms with van der Waals surface area (Å²) in [5, 5.41) is 9.70. The molecule has 4 nitrogen and oxygen atoms in total. The number of hydrogen-bond acceptors (Lipinski definition) is 4. The summed E-state index contributed by atoms with van der Waals surface area (Å²) in [5.41, 5.74) is 7.29. The van der Waals surface area contributed by atoms with Gasteiger partial charge in [0.15, 0.2) is 5.78 Å². The summed E-state index contributed by atoms with van der Waals surface area (Å²) in [6, 6.07) is 24.2. The van der Waals surface area contributed by atoms with E-state index >= 15 is 0 Å². The number of halogens is 1. The summed E-state index contributed by atoms with van der Waals surface area (Å²) >= 11 is 0. The molecule has 0 N–H and O–H groups in total. The maximum Gasteiger partial charge on any atom is 0.171 e. The number of ketones is 1. The minimum atomic E-state index is -0.425. The molecule has 2 aliphatic rings. The van der Waals surface area contributed by atoms with Crippen LogP contribution in [0.25, 0.3) is 11.3 Å². The molecule has 1 atom stereocenters. The monoisotopic (exact) mass is 527 g/mol. The molecule has 0 unspecified atom stereocenters. The van der Waals surface area contributed by atoms with Crippen molar-refractivity contribution < 1.29 is 9.18 Å². The van der Waals surface area contributed by atoms with Gasteiger partial charge in [0.05, 0.1) is 23.0 Å². The number of allylic oxidation sites excluding steroid dienone is 2. The maximum atomic E-state index is 14.2. The van der Waals surface area contributed by atoms with Gasteiger partial charge in [-0.25, -0.2) is 4.39 Å². The molecule has 0 radical (unpaired) electrons. The molecule has 5 heteroatoms. The van der Waals surface area contributed by atoms with E-state index in [4.69, 9.17) is 4.98 Å². The third-order valence-corrected chi connectivity index (χ3v) is 8.46. The van der Waals surface area contributed by atoms with Crippen molar-refractivity contribution in [3.8, 4) is 17.3 Å². The molecule has 2 fully saturated rings. The van der Waals surface area contributed by atoms with Gasteiger partial charge in [-0.05, 0) is 93.0 Å². The molecule has 0 spiro atoms. The van der Waals surface area contributed by atoms with Gasteiger partial charge < -0.3 is 0 Å². The molecule has 4 aromatic rings. The van der Waals surface area contributed by atoms with E-state index < -0.39 is 5.41 Å². The normalized spacial score (nSPS) is 18.1. The lowest BCUT2D eigenvalue weighted by Crippen LogP contribution is -2.25. The van der Waals surface area contributed by atoms with Crippen molar-refractivity contribution >= 4 is 5.78 Å². The van der Waals surface area contributed by atoms with E-state index in [0.29, 0.717) is 29.7 Å². The van der Waals surface area contributed by atoms with Crippen molar-refractivity contribution in [2.24, 2.45) is 5.41 Å². The fraction of sp³-hybridized carbons (Fsp3) is 0.257. The lowest BCUT2D eigenvalue weighted by Gasteiger charge is -2.32. The van der Waals surface area contributed by atoms with Gasteiger partial charge in [0.25, 0.3) is 0 Å². The van der Waals surface area contributed by atoms with Gasteiger partial charge in [-0.2, -0.15) is 5.26 Å². The Morgan fingerprint density at radius 3 is 2.67 bits per heavy atom. The molecular weight excluding hydrogens is 497 g/mol. The summed E-state index contributed by atoms with van der Waals surface area (Å²) in [6.07, 6.45) is 8.80. The van der Waals surface area contributed by atoms with Crippen LogP contribution in [0.1, 0.15) is 70.0 Å². The van der Waals surface area contributed by atoms with Crippen molar-refractivity contribution in [1.29, 1.82) is 5.26 Å². The molecule has 2 aromatic heterocycles. The average molecular weight is 528 g/mol. The molecule has 40 heavy (non-hydrogen) atoms. The Kier molecular flexibility index (Phi) is 6.86. The first-order chi connectivity index (χ1) is 19.5. The van der Waals surface area contributed by atoms with Crippen LogP contribution in [0.2, 0.25) is 0 Å². The Morgan fingerprint density at radius 1 is 1.10 bits per heavy atom. The lowest BCUT2D eigenvalue weighted by molar-refractivity contribution is 0.0897. The second-order valence-electron chi connectivity index (χ2n) is 11.0. The third kappa shape index (κ3) is 4.98. The number of carbonyl (C=O) groups is 1. The van der Waals surface area contributed by atoms with Crippen LogP contribution in [0.15, 0.2) is 90.6 Å². The first-order valence-corrected chi connectivity index (χ1v) is 13.9. The number of nitrogens with zero attached hydrogens (tertiary/aromatic N) is 3. The number of aromatic nitrogens is 2. The molecular formula is C35H30FN3O. The highest BCUT2D eigenvalue weighted by molar-refractivity contribution is 6.03. The molecule has 2 aromatic carbocycles. The Hall–Kier alpha value is -4.43. The Bertz CT molecular complexity index is 1680. The summed E-state index contributed by atoms with van der Waals surface area (Å²) < 4.78 is 13.7. The molecule has 0 bridgehead atoms. The summed E-state index contributed by atoms with van der Waals surface area (Å²) in [5.74, 6) is -0.0644. The number of aryl methyl sites for hydroxylation is 1. The molecule has 198 valence electrons. The van der Waals surface area contributed by atoms with Gasteiger partial charge in [-0.3, -0.25) is 14.8 Å². The molecule has 0 saturated heterocycles. The summed E-state index contributed by atoms with van der Waals surface area (Å²) in [4.78, 5) is 23.8. The van der Waals surface area contributed by atoms with Crippen molar-refractivity contribution in [2.75, 3.05) is 0 Å². The van der Waals surface area contributed by atoms with Crippen LogP contribution in [0.4, 0.5) is 4.39 Å². The molecule has 6 rings (SSSR count). The van der Waals surface area contributed by atoms with Crippen LogP contribution in [0.3, 0.4) is 0 Å². The lowest BCUT2D eigenvalue weighted by atomic mass is 9.73. The van der Waals surface area contributed by atoms with Crippen LogP contribution >= 0.6 is 0 Å². The number of rotatable bonds is 8. The van der Waals surface area contributed by atoms with E-state index in [-0.39, 0.29) is 17.5 Å². The number of Topliss-reactive ketones (excluding diaryl/α,β-unsaturated/α-hetero) is 1. The van der Waals surface area contributed by atoms with Crippen LogP contribution in [0, 0.1) is 29.5 Å². The van der Waals surface area contributed by atoms with E-state index in [0.717, 1.165) is 53.8 Å². The first kappa shape index (κ1) is 25.8. The number of benzene rings is 2. The van der Waals surface area contributed by atoms with Gasteiger partial charge >= 0.3 is 0 Å². The Labute approximate surface area is 234 Å². The van der Waals surface area contributed by atoms with Crippen molar-refractivity contribution in [3.05, 3.63) is 130 Å². The number of hydrogen-bond donors (Lipinski definition) is 0. The minimum Gasteiger partial charge on any atom is -0.293 e. The zero-order valence-electron chi connectivity index (χ0n) is 22.5. The van der Waals surface area contributed by atoms with Crippen LogP contribution in [-0.2, 0) is 12.8 Å². The topological polar surface area (TPSA) is 66.6 Å². The van der Waals surface area contributed by atoms with E-state index in [9.17, 15) is 14.4 Å².